The Bertz CT molecular complexity index is 568. The van der Waals surface area contributed by atoms with Crippen LogP contribution in [0.1, 0.15) is 30.6 Å². The Morgan fingerprint density at radius 1 is 1.40 bits per heavy atom. The monoisotopic (exact) mass is 295 g/mol. The first-order valence-electron chi connectivity index (χ1n) is 6.77. The first-order chi connectivity index (χ1) is 9.60. The number of rotatable bonds is 6. The fourth-order valence-electron chi connectivity index (χ4n) is 2.13. The number of aryl methyl sites for hydroxylation is 1. The lowest BCUT2D eigenvalue weighted by atomic mass is 10.0. The lowest BCUT2D eigenvalue weighted by molar-refractivity contribution is 0.510. The Hall–Kier alpha value is -1.39. The van der Waals surface area contributed by atoms with Crippen LogP contribution >= 0.6 is 11.6 Å². The molecule has 1 unspecified atom stereocenters. The van der Waals surface area contributed by atoms with Crippen molar-refractivity contribution in [2.75, 3.05) is 6.54 Å². The second-order valence-corrected chi connectivity index (χ2v) is 5.27. The Morgan fingerprint density at radius 3 is 2.80 bits per heavy atom. The number of hydrogen-bond acceptors (Lipinski definition) is 2. The molecule has 2 aromatic rings. The van der Waals surface area contributed by atoms with E-state index in [1.54, 1.807) is 10.7 Å². The summed E-state index contributed by atoms with van der Waals surface area (Å²) in [5.74, 6) is -0.311. The number of nitrogens with zero attached hydrogens (tertiary/aromatic N) is 2. The van der Waals surface area contributed by atoms with E-state index in [2.05, 4.69) is 17.3 Å². The van der Waals surface area contributed by atoms with Gasteiger partial charge in [-0.3, -0.25) is 4.68 Å². The minimum Gasteiger partial charge on any atom is -0.308 e. The van der Waals surface area contributed by atoms with Gasteiger partial charge in [-0.2, -0.15) is 5.10 Å². The summed E-state index contributed by atoms with van der Waals surface area (Å²) < 4.78 is 14.9. The first-order valence-corrected chi connectivity index (χ1v) is 7.14. The molecule has 0 fully saturated rings. The topological polar surface area (TPSA) is 29.9 Å². The largest absolute Gasteiger partial charge is 0.308 e. The van der Waals surface area contributed by atoms with Gasteiger partial charge in [-0.05, 0) is 43.1 Å². The van der Waals surface area contributed by atoms with E-state index >= 15 is 0 Å². The van der Waals surface area contributed by atoms with Crippen LogP contribution in [0.25, 0.3) is 0 Å². The van der Waals surface area contributed by atoms with Crippen LogP contribution in [-0.2, 0) is 13.5 Å². The zero-order chi connectivity index (χ0) is 14.5. The van der Waals surface area contributed by atoms with E-state index in [0.717, 1.165) is 24.2 Å². The summed E-state index contributed by atoms with van der Waals surface area (Å²) in [6.07, 6.45) is 3.65. The minimum atomic E-state index is -0.311. The summed E-state index contributed by atoms with van der Waals surface area (Å²) in [5, 5.41) is 8.37. The van der Waals surface area contributed by atoms with Gasteiger partial charge in [0.05, 0.1) is 11.7 Å². The lowest BCUT2D eigenvalue weighted by Crippen LogP contribution is -2.24. The van der Waals surface area contributed by atoms with Gasteiger partial charge < -0.3 is 5.32 Å². The smallest absolute Gasteiger partial charge is 0.124 e. The van der Waals surface area contributed by atoms with Crippen LogP contribution in [0.3, 0.4) is 0 Å². The van der Waals surface area contributed by atoms with E-state index in [-0.39, 0.29) is 11.9 Å². The number of aromatic nitrogens is 2. The van der Waals surface area contributed by atoms with Crippen molar-refractivity contribution in [3.8, 4) is 0 Å². The molecule has 2 rings (SSSR count). The zero-order valence-electron chi connectivity index (χ0n) is 11.7. The van der Waals surface area contributed by atoms with Gasteiger partial charge in [0.2, 0.25) is 0 Å². The quantitative estimate of drug-likeness (QED) is 0.884. The highest BCUT2D eigenvalue weighted by Gasteiger charge is 2.16. The third-order valence-corrected chi connectivity index (χ3v) is 3.52. The summed E-state index contributed by atoms with van der Waals surface area (Å²) in [7, 11) is 1.89. The lowest BCUT2D eigenvalue weighted by Gasteiger charge is -2.17. The predicted molar refractivity (Wildman–Crippen MR) is 79.4 cm³/mol. The summed E-state index contributed by atoms with van der Waals surface area (Å²) >= 11 is 6.11. The van der Waals surface area contributed by atoms with Gasteiger partial charge in [0.1, 0.15) is 5.82 Å². The van der Waals surface area contributed by atoms with Crippen molar-refractivity contribution in [1.29, 1.82) is 0 Å². The number of halogens is 2. The molecule has 5 heteroatoms. The van der Waals surface area contributed by atoms with E-state index in [9.17, 15) is 4.39 Å². The maximum atomic E-state index is 13.1. The van der Waals surface area contributed by atoms with Gasteiger partial charge in [-0.1, -0.05) is 24.6 Å². The van der Waals surface area contributed by atoms with E-state index in [1.807, 2.05) is 19.3 Å². The molecular weight excluding hydrogens is 277 g/mol. The van der Waals surface area contributed by atoms with Crippen LogP contribution < -0.4 is 5.32 Å². The number of nitrogens with one attached hydrogen (secondary N) is 1. The predicted octanol–water partition coefficient (Wildman–Crippen LogP) is 3.50. The van der Waals surface area contributed by atoms with Crippen LogP contribution in [-0.4, -0.2) is 16.3 Å². The molecule has 0 aliphatic carbocycles. The molecular formula is C15H19ClFN3. The summed E-state index contributed by atoms with van der Waals surface area (Å²) in [4.78, 5) is 0. The van der Waals surface area contributed by atoms with Gasteiger partial charge in [0, 0.05) is 18.3 Å². The number of benzene rings is 1. The van der Waals surface area contributed by atoms with E-state index in [4.69, 9.17) is 11.6 Å². The van der Waals surface area contributed by atoms with Gasteiger partial charge in [0.15, 0.2) is 0 Å². The second-order valence-electron chi connectivity index (χ2n) is 4.86. The molecule has 0 amide bonds. The van der Waals surface area contributed by atoms with Crippen molar-refractivity contribution in [3.05, 3.63) is 52.6 Å². The average molecular weight is 296 g/mol. The molecule has 20 heavy (non-hydrogen) atoms. The van der Waals surface area contributed by atoms with Gasteiger partial charge in [0.25, 0.3) is 0 Å². The van der Waals surface area contributed by atoms with Crippen LogP contribution in [0.4, 0.5) is 4.39 Å². The van der Waals surface area contributed by atoms with Crippen LogP contribution in [0, 0.1) is 5.82 Å². The van der Waals surface area contributed by atoms with Crippen molar-refractivity contribution in [3.63, 3.8) is 0 Å². The van der Waals surface area contributed by atoms with Crippen LogP contribution in [0.2, 0.25) is 5.02 Å². The van der Waals surface area contributed by atoms with Crippen molar-refractivity contribution in [2.45, 2.75) is 25.8 Å². The molecule has 0 spiro atoms. The Morgan fingerprint density at radius 2 is 2.20 bits per heavy atom. The molecule has 1 aromatic carbocycles. The molecule has 3 nitrogen and oxygen atoms in total. The van der Waals surface area contributed by atoms with Gasteiger partial charge in [-0.15, -0.1) is 0 Å². The zero-order valence-corrected chi connectivity index (χ0v) is 12.5. The van der Waals surface area contributed by atoms with Crippen molar-refractivity contribution < 1.29 is 4.39 Å². The second kappa shape index (κ2) is 6.86. The molecule has 0 radical (unpaired) electrons. The van der Waals surface area contributed by atoms with E-state index in [0.29, 0.717) is 11.4 Å². The fourth-order valence-corrected chi connectivity index (χ4v) is 2.37. The van der Waals surface area contributed by atoms with Crippen molar-refractivity contribution >= 4 is 11.6 Å². The normalized spacial score (nSPS) is 12.6. The molecule has 0 aliphatic rings. The first kappa shape index (κ1) is 15.0. The van der Waals surface area contributed by atoms with Crippen molar-refractivity contribution in [2.24, 2.45) is 7.05 Å². The molecule has 0 saturated heterocycles. The fraction of sp³-hybridized carbons (Fsp3) is 0.400. The Balaban J connectivity index is 2.18. The van der Waals surface area contributed by atoms with E-state index in [1.165, 1.54) is 12.1 Å². The summed E-state index contributed by atoms with van der Waals surface area (Å²) in [6, 6.07) is 6.61. The molecule has 1 N–H and O–H groups in total. The molecule has 0 saturated carbocycles. The number of hydrogen-bond donors (Lipinski definition) is 1. The highest BCUT2D eigenvalue weighted by atomic mass is 35.5. The average Bonchev–Trinajstić information content (AvgIpc) is 2.83. The molecule has 108 valence electrons. The minimum absolute atomic E-state index is 0.0825. The summed E-state index contributed by atoms with van der Waals surface area (Å²) in [6.45, 7) is 3.02. The van der Waals surface area contributed by atoms with E-state index < -0.39 is 0 Å². The molecule has 1 heterocycles. The molecule has 0 aliphatic heterocycles. The molecule has 1 atom stereocenters. The Labute approximate surface area is 123 Å². The maximum absolute atomic E-state index is 13.1. The van der Waals surface area contributed by atoms with Gasteiger partial charge >= 0.3 is 0 Å². The third kappa shape index (κ3) is 3.81. The SMILES string of the molecule is CCCNC(Cc1ccc(F)cc1Cl)c1ccn(C)n1. The van der Waals surface area contributed by atoms with Crippen molar-refractivity contribution in [1.82, 2.24) is 15.1 Å². The highest BCUT2D eigenvalue weighted by molar-refractivity contribution is 6.31. The highest BCUT2D eigenvalue weighted by Crippen LogP contribution is 2.23. The van der Waals surface area contributed by atoms with Crippen LogP contribution in [0.5, 0.6) is 0 Å². The maximum Gasteiger partial charge on any atom is 0.124 e. The molecule has 0 bridgehead atoms. The standard InChI is InChI=1S/C15H19ClFN3/c1-3-7-18-15(14-6-8-20(2)19-14)9-11-4-5-12(17)10-13(11)16/h4-6,8,10,15,18H,3,7,9H2,1-2H3. The van der Waals surface area contributed by atoms with Crippen LogP contribution in [0.15, 0.2) is 30.5 Å². The Kier molecular flexibility index (Phi) is 5.15. The summed E-state index contributed by atoms with van der Waals surface area (Å²) in [5.41, 5.74) is 1.90. The molecule has 1 aromatic heterocycles. The van der Waals surface area contributed by atoms with Gasteiger partial charge in [-0.25, -0.2) is 4.39 Å². The third-order valence-electron chi connectivity index (χ3n) is 3.17.